The number of nitrogens with two attached hydrogens (primary N) is 1. The molecule has 96 valence electrons. The Balaban J connectivity index is 1.84. The van der Waals surface area contributed by atoms with Crippen LogP contribution in [0.25, 0.3) is 21.3 Å². The Kier molecular flexibility index (Phi) is 2.20. The minimum absolute atomic E-state index is 0.692. The molecule has 1 aliphatic rings. The van der Waals surface area contributed by atoms with Crippen molar-refractivity contribution < 1.29 is 0 Å². The predicted molar refractivity (Wildman–Crippen MR) is 78.2 cm³/mol. The van der Waals surface area contributed by atoms with Crippen molar-refractivity contribution in [2.24, 2.45) is 7.05 Å². The van der Waals surface area contributed by atoms with E-state index in [-0.39, 0.29) is 0 Å². The third kappa shape index (κ3) is 1.73. The first kappa shape index (κ1) is 11.0. The van der Waals surface area contributed by atoms with E-state index >= 15 is 0 Å². The maximum atomic E-state index is 6.02. The lowest BCUT2D eigenvalue weighted by Gasteiger charge is -2.00. The van der Waals surface area contributed by atoms with E-state index in [2.05, 4.69) is 23.3 Å². The quantitative estimate of drug-likeness (QED) is 0.778. The minimum Gasteiger partial charge on any atom is -0.383 e. The van der Waals surface area contributed by atoms with Crippen molar-refractivity contribution in [2.45, 2.75) is 18.8 Å². The molecule has 4 nitrogen and oxygen atoms in total. The van der Waals surface area contributed by atoms with Crippen LogP contribution in [0.5, 0.6) is 0 Å². The van der Waals surface area contributed by atoms with Gasteiger partial charge in [0.15, 0.2) is 0 Å². The fourth-order valence-corrected chi connectivity index (χ4v) is 3.40. The Labute approximate surface area is 114 Å². The summed E-state index contributed by atoms with van der Waals surface area (Å²) in [6.07, 6.45) is 4.40. The van der Waals surface area contributed by atoms with Crippen molar-refractivity contribution >= 4 is 27.4 Å². The summed E-state index contributed by atoms with van der Waals surface area (Å²) in [5.41, 5.74) is 9.17. The number of aromatic nitrogens is 3. The number of hydrogen-bond donors (Lipinski definition) is 1. The lowest BCUT2D eigenvalue weighted by molar-refractivity contribution is 0.779. The van der Waals surface area contributed by atoms with E-state index in [4.69, 9.17) is 10.7 Å². The summed E-state index contributed by atoms with van der Waals surface area (Å²) in [6, 6.07) is 6.36. The van der Waals surface area contributed by atoms with Crippen molar-refractivity contribution in [3.8, 4) is 11.1 Å². The minimum atomic E-state index is 0.692. The number of rotatable bonds is 2. The highest BCUT2D eigenvalue weighted by Crippen LogP contribution is 2.43. The molecule has 0 saturated heterocycles. The summed E-state index contributed by atoms with van der Waals surface area (Å²) >= 11 is 1.82. The second-order valence-electron chi connectivity index (χ2n) is 5.08. The molecule has 2 N–H and O–H groups in total. The van der Waals surface area contributed by atoms with Crippen molar-refractivity contribution in [1.29, 1.82) is 0 Å². The van der Waals surface area contributed by atoms with E-state index in [1.807, 2.05) is 24.6 Å². The average Bonchev–Trinajstić information content (AvgIpc) is 3.10. The molecule has 0 unspecified atom stereocenters. The fraction of sp³-hybridized carbons (Fsp3) is 0.286. The van der Waals surface area contributed by atoms with Gasteiger partial charge in [0.05, 0.1) is 21.4 Å². The van der Waals surface area contributed by atoms with Gasteiger partial charge in [0, 0.05) is 18.5 Å². The van der Waals surface area contributed by atoms with E-state index in [0.717, 1.165) is 16.6 Å². The zero-order valence-corrected chi connectivity index (χ0v) is 11.4. The Morgan fingerprint density at radius 3 is 2.89 bits per heavy atom. The van der Waals surface area contributed by atoms with E-state index < -0.39 is 0 Å². The van der Waals surface area contributed by atoms with Gasteiger partial charge in [-0.1, -0.05) is 6.07 Å². The Bertz CT molecular complexity index is 767. The number of hydrogen-bond acceptors (Lipinski definition) is 4. The summed E-state index contributed by atoms with van der Waals surface area (Å²) in [5.74, 6) is 1.40. The van der Waals surface area contributed by atoms with Crippen LogP contribution in [0.2, 0.25) is 0 Å². The molecule has 4 rings (SSSR count). The third-order valence-corrected chi connectivity index (χ3v) is 4.83. The zero-order chi connectivity index (χ0) is 13.0. The highest BCUT2D eigenvalue weighted by molar-refractivity contribution is 7.18. The maximum absolute atomic E-state index is 6.02. The van der Waals surface area contributed by atoms with Crippen molar-refractivity contribution in [3.05, 3.63) is 29.4 Å². The molecule has 5 heteroatoms. The van der Waals surface area contributed by atoms with Gasteiger partial charge >= 0.3 is 0 Å². The number of thiazole rings is 1. The fourth-order valence-electron chi connectivity index (χ4n) is 2.29. The molecular formula is C14H14N4S. The molecule has 1 saturated carbocycles. The second kappa shape index (κ2) is 3.81. The molecule has 0 amide bonds. The van der Waals surface area contributed by atoms with E-state index in [1.54, 1.807) is 4.68 Å². The lowest BCUT2D eigenvalue weighted by atomic mass is 10.1. The molecule has 1 aliphatic carbocycles. The molecule has 0 radical (unpaired) electrons. The van der Waals surface area contributed by atoms with Gasteiger partial charge in [0.1, 0.15) is 5.82 Å². The largest absolute Gasteiger partial charge is 0.383 e. The number of anilines is 1. The summed E-state index contributed by atoms with van der Waals surface area (Å²) in [7, 11) is 1.85. The van der Waals surface area contributed by atoms with Crippen LogP contribution in [0.3, 0.4) is 0 Å². The number of fused-ring (bicyclic) bond motifs is 1. The Hall–Kier alpha value is -1.88. The van der Waals surface area contributed by atoms with Crippen LogP contribution in [0.15, 0.2) is 24.4 Å². The van der Waals surface area contributed by atoms with Crippen molar-refractivity contribution in [1.82, 2.24) is 14.8 Å². The van der Waals surface area contributed by atoms with Gasteiger partial charge in [-0.05, 0) is 30.5 Å². The van der Waals surface area contributed by atoms with Crippen LogP contribution in [0.1, 0.15) is 23.8 Å². The molecule has 0 atom stereocenters. The smallest absolute Gasteiger partial charge is 0.129 e. The standard InChI is InChI=1S/C14H14N4S/c1-18-13(15)10(7-16-18)9-4-5-12-11(6-9)17-14(19-12)8-2-3-8/h4-8H,2-3,15H2,1H3. The van der Waals surface area contributed by atoms with Crippen LogP contribution >= 0.6 is 11.3 Å². The van der Waals surface area contributed by atoms with Crippen LogP contribution < -0.4 is 5.73 Å². The average molecular weight is 270 g/mol. The Morgan fingerprint density at radius 1 is 1.37 bits per heavy atom. The van der Waals surface area contributed by atoms with Gasteiger partial charge in [-0.3, -0.25) is 4.68 Å². The van der Waals surface area contributed by atoms with Crippen molar-refractivity contribution in [2.75, 3.05) is 5.73 Å². The number of benzene rings is 1. The molecule has 3 aromatic rings. The summed E-state index contributed by atoms with van der Waals surface area (Å²) in [4.78, 5) is 4.75. The van der Waals surface area contributed by atoms with Gasteiger partial charge in [-0.2, -0.15) is 5.10 Å². The normalized spacial score (nSPS) is 15.2. The van der Waals surface area contributed by atoms with Gasteiger partial charge in [0.25, 0.3) is 0 Å². The molecule has 0 spiro atoms. The summed E-state index contributed by atoms with van der Waals surface area (Å²) < 4.78 is 2.95. The maximum Gasteiger partial charge on any atom is 0.129 e. The van der Waals surface area contributed by atoms with Gasteiger partial charge in [-0.25, -0.2) is 4.98 Å². The van der Waals surface area contributed by atoms with Gasteiger partial charge < -0.3 is 5.73 Å². The monoisotopic (exact) mass is 270 g/mol. The summed E-state index contributed by atoms with van der Waals surface area (Å²) in [5, 5.41) is 5.47. The predicted octanol–water partition coefficient (Wildman–Crippen LogP) is 3.16. The molecule has 0 aliphatic heterocycles. The molecule has 2 heterocycles. The van der Waals surface area contributed by atoms with Crippen LogP contribution in [0, 0.1) is 0 Å². The number of nitrogen functional groups attached to an aromatic ring is 1. The topological polar surface area (TPSA) is 56.7 Å². The SMILES string of the molecule is Cn1ncc(-c2ccc3sc(C4CC4)nc3c2)c1N. The lowest BCUT2D eigenvalue weighted by Crippen LogP contribution is -1.97. The first-order valence-electron chi connectivity index (χ1n) is 6.41. The van der Waals surface area contributed by atoms with Crippen LogP contribution in [0.4, 0.5) is 5.82 Å². The third-order valence-electron chi connectivity index (χ3n) is 3.63. The van der Waals surface area contributed by atoms with Crippen LogP contribution in [-0.2, 0) is 7.05 Å². The second-order valence-corrected chi connectivity index (χ2v) is 6.14. The van der Waals surface area contributed by atoms with E-state index in [9.17, 15) is 0 Å². The Morgan fingerprint density at radius 2 is 2.21 bits per heavy atom. The molecule has 1 aromatic carbocycles. The first-order valence-corrected chi connectivity index (χ1v) is 7.22. The number of aryl methyl sites for hydroxylation is 1. The molecule has 2 aromatic heterocycles. The first-order chi connectivity index (χ1) is 9.22. The molecule has 0 bridgehead atoms. The van der Waals surface area contributed by atoms with E-state index in [1.165, 1.54) is 22.5 Å². The van der Waals surface area contributed by atoms with Crippen LogP contribution in [-0.4, -0.2) is 14.8 Å². The van der Waals surface area contributed by atoms with Crippen molar-refractivity contribution in [3.63, 3.8) is 0 Å². The summed E-state index contributed by atoms with van der Waals surface area (Å²) in [6.45, 7) is 0. The van der Waals surface area contributed by atoms with Gasteiger partial charge in [-0.15, -0.1) is 11.3 Å². The highest BCUT2D eigenvalue weighted by Gasteiger charge is 2.27. The zero-order valence-electron chi connectivity index (χ0n) is 10.6. The molecule has 19 heavy (non-hydrogen) atoms. The van der Waals surface area contributed by atoms with E-state index in [0.29, 0.717) is 11.7 Å². The highest BCUT2D eigenvalue weighted by atomic mass is 32.1. The molecule has 1 fully saturated rings. The number of nitrogens with zero attached hydrogens (tertiary/aromatic N) is 3. The molecular weight excluding hydrogens is 256 g/mol. The van der Waals surface area contributed by atoms with Gasteiger partial charge in [0.2, 0.25) is 0 Å².